The van der Waals surface area contributed by atoms with E-state index in [1.165, 1.54) is 17.8 Å². The number of carbonyl (C=O) groups is 1. The Bertz CT molecular complexity index is 1300. The van der Waals surface area contributed by atoms with Crippen LogP contribution in [0.1, 0.15) is 15.9 Å². The largest absolute Gasteiger partial charge is 0.497 e. The van der Waals surface area contributed by atoms with E-state index in [2.05, 4.69) is 10.2 Å². The second-order valence-electron chi connectivity index (χ2n) is 6.90. The molecule has 166 valence electrons. The normalized spacial score (nSPS) is 10.7. The van der Waals surface area contributed by atoms with E-state index >= 15 is 0 Å². The Morgan fingerprint density at radius 1 is 1.06 bits per heavy atom. The molecule has 3 aromatic carbocycles. The Labute approximate surface area is 192 Å². The zero-order valence-corrected chi connectivity index (χ0v) is 18.2. The molecule has 0 amide bonds. The molecule has 0 aliphatic carbocycles. The van der Waals surface area contributed by atoms with Crippen LogP contribution in [0.15, 0.2) is 78.0 Å². The first-order chi connectivity index (χ1) is 16.0. The van der Waals surface area contributed by atoms with Crippen LogP contribution in [0.2, 0.25) is 0 Å². The van der Waals surface area contributed by atoms with Crippen LogP contribution in [0.3, 0.4) is 0 Å². The number of para-hydroxylation sites is 1. The van der Waals surface area contributed by atoms with E-state index in [9.17, 15) is 14.9 Å². The van der Waals surface area contributed by atoms with Crippen molar-refractivity contribution in [3.63, 3.8) is 0 Å². The average Bonchev–Trinajstić information content (AvgIpc) is 3.26. The smallest absolute Gasteiger partial charge is 0.335 e. The molecule has 0 aliphatic heterocycles. The van der Waals surface area contributed by atoms with Crippen molar-refractivity contribution in [2.45, 2.75) is 10.9 Å². The van der Waals surface area contributed by atoms with Gasteiger partial charge in [-0.05, 0) is 48.0 Å². The number of rotatable bonds is 8. The van der Waals surface area contributed by atoms with Gasteiger partial charge in [0.15, 0.2) is 11.0 Å². The van der Waals surface area contributed by atoms with E-state index in [0.29, 0.717) is 28.0 Å². The fourth-order valence-electron chi connectivity index (χ4n) is 3.22. The van der Waals surface area contributed by atoms with Crippen LogP contribution in [-0.4, -0.2) is 37.9 Å². The lowest BCUT2D eigenvalue weighted by Crippen LogP contribution is -2.02. The number of nitro benzene ring substituents is 1. The standard InChI is InChI=1S/C23H18N4O5S/c1-32-18-12-10-17(11-13-18)26-21(19-4-2-3-5-20(19)27(30)31)24-25-23(26)33-14-15-6-8-16(9-7-15)22(28)29/h2-13H,14H2,1H3,(H,28,29). The van der Waals surface area contributed by atoms with Gasteiger partial charge in [-0.1, -0.05) is 36.0 Å². The summed E-state index contributed by atoms with van der Waals surface area (Å²) in [6, 6.07) is 20.2. The van der Waals surface area contributed by atoms with E-state index in [1.807, 2.05) is 12.1 Å². The van der Waals surface area contributed by atoms with Gasteiger partial charge < -0.3 is 9.84 Å². The molecule has 0 atom stereocenters. The Balaban J connectivity index is 1.74. The van der Waals surface area contributed by atoms with Crippen LogP contribution in [0.5, 0.6) is 5.75 Å². The summed E-state index contributed by atoms with van der Waals surface area (Å²) in [5, 5.41) is 29.8. The van der Waals surface area contributed by atoms with Gasteiger partial charge in [0, 0.05) is 11.8 Å². The quantitative estimate of drug-likeness (QED) is 0.224. The van der Waals surface area contributed by atoms with Gasteiger partial charge in [-0.15, -0.1) is 10.2 Å². The Hall–Kier alpha value is -4.18. The summed E-state index contributed by atoms with van der Waals surface area (Å²) in [7, 11) is 1.57. The first kappa shape index (κ1) is 22.0. The number of carboxylic acid groups (broad SMARTS) is 1. The minimum atomic E-state index is -0.984. The van der Waals surface area contributed by atoms with Crippen molar-refractivity contribution < 1.29 is 19.6 Å². The predicted octanol–water partition coefficient (Wildman–Crippen LogP) is 4.84. The third-order valence-electron chi connectivity index (χ3n) is 4.87. The second kappa shape index (κ2) is 9.53. The molecule has 4 rings (SSSR count). The van der Waals surface area contributed by atoms with E-state index < -0.39 is 10.9 Å². The average molecular weight is 462 g/mol. The van der Waals surface area contributed by atoms with Gasteiger partial charge in [0.2, 0.25) is 0 Å². The molecule has 0 radical (unpaired) electrons. The molecular weight excluding hydrogens is 444 g/mol. The highest BCUT2D eigenvalue weighted by Gasteiger charge is 2.23. The molecule has 4 aromatic rings. The minimum absolute atomic E-state index is 0.0690. The van der Waals surface area contributed by atoms with Gasteiger partial charge in [-0.25, -0.2) is 4.79 Å². The van der Waals surface area contributed by atoms with Crippen LogP contribution in [-0.2, 0) is 5.75 Å². The first-order valence-electron chi connectivity index (χ1n) is 9.76. The Morgan fingerprint density at radius 3 is 2.39 bits per heavy atom. The molecule has 0 bridgehead atoms. The molecule has 9 nitrogen and oxygen atoms in total. The van der Waals surface area contributed by atoms with Crippen molar-refractivity contribution in [2.75, 3.05) is 7.11 Å². The monoisotopic (exact) mass is 462 g/mol. The number of ether oxygens (including phenoxy) is 1. The number of hydrogen-bond acceptors (Lipinski definition) is 7. The van der Waals surface area contributed by atoms with Crippen LogP contribution < -0.4 is 4.74 Å². The lowest BCUT2D eigenvalue weighted by molar-refractivity contribution is -0.384. The maximum absolute atomic E-state index is 11.6. The predicted molar refractivity (Wildman–Crippen MR) is 123 cm³/mol. The lowest BCUT2D eigenvalue weighted by atomic mass is 10.1. The number of methoxy groups -OCH3 is 1. The van der Waals surface area contributed by atoms with Gasteiger partial charge in [0.25, 0.3) is 5.69 Å². The SMILES string of the molecule is COc1ccc(-n2c(SCc3ccc(C(=O)O)cc3)nnc2-c2ccccc2[N+](=O)[O-])cc1. The minimum Gasteiger partial charge on any atom is -0.497 e. The van der Waals surface area contributed by atoms with Crippen LogP contribution in [0, 0.1) is 10.1 Å². The molecule has 1 heterocycles. The van der Waals surface area contributed by atoms with Crippen molar-refractivity contribution in [1.82, 2.24) is 14.8 Å². The first-order valence-corrected chi connectivity index (χ1v) is 10.7. The van der Waals surface area contributed by atoms with E-state index in [1.54, 1.807) is 66.3 Å². The zero-order valence-electron chi connectivity index (χ0n) is 17.4. The van der Waals surface area contributed by atoms with Crippen LogP contribution in [0.4, 0.5) is 5.69 Å². The van der Waals surface area contributed by atoms with Gasteiger partial charge in [-0.3, -0.25) is 14.7 Å². The number of aromatic carboxylic acids is 1. The van der Waals surface area contributed by atoms with Gasteiger partial charge in [0.1, 0.15) is 5.75 Å². The van der Waals surface area contributed by atoms with Crippen molar-refractivity contribution in [1.29, 1.82) is 0 Å². The number of benzene rings is 3. The zero-order chi connectivity index (χ0) is 23.4. The van der Waals surface area contributed by atoms with Gasteiger partial charge in [-0.2, -0.15) is 0 Å². The van der Waals surface area contributed by atoms with E-state index in [0.717, 1.165) is 11.3 Å². The van der Waals surface area contributed by atoms with Crippen molar-refractivity contribution in [3.05, 3.63) is 94.0 Å². The Morgan fingerprint density at radius 2 is 1.76 bits per heavy atom. The molecule has 0 saturated heterocycles. The molecule has 0 aliphatic rings. The molecule has 10 heteroatoms. The summed E-state index contributed by atoms with van der Waals surface area (Å²) in [4.78, 5) is 22.2. The third-order valence-corrected chi connectivity index (χ3v) is 5.87. The van der Waals surface area contributed by atoms with Crippen molar-refractivity contribution in [2.24, 2.45) is 0 Å². The highest BCUT2D eigenvalue weighted by Crippen LogP contribution is 2.34. The molecule has 0 spiro atoms. The fraction of sp³-hybridized carbons (Fsp3) is 0.0870. The molecule has 1 N–H and O–H groups in total. The highest BCUT2D eigenvalue weighted by atomic mass is 32.2. The Kier molecular flexibility index (Phi) is 6.36. The topological polar surface area (TPSA) is 120 Å². The summed E-state index contributed by atoms with van der Waals surface area (Å²) in [5.74, 6) is 0.538. The molecular formula is C23H18N4O5S. The van der Waals surface area contributed by atoms with Crippen molar-refractivity contribution in [3.8, 4) is 22.8 Å². The summed E-state index contributed by atoms with van der Waals surface area (Å²) >= 11 is 1.39. The molecule has 0 unspecified atom stereocenters. The molecule has 0 fully saturated rings. The van der Waals surface area contributed by atoms with E-state index in [4.69, 9.17) is 9.84 Å². The summed E-state index contributed by atoms with van der Waals surface area (Å²) < 4.78 is 7.00. The van der Waals surface area contributed by atoms with Crippen LogP contribution in [0.25, 0.3) is 17.1 Å². The van der Waals surface area contributed by atoms with E-state index in [-0.39, 0.29) is 11.3 Å². The third kappa shape index (κ3) is 4.70. The molecule has 33 heavy (non-hydrogen) atoms. The maximum Gasteiger partial charge on any atom is 0.335 e. The number of carboxylic acids is 1. The van der Waals surface area contributed by atoms with Crippen molar-refractivity contribution >= 4 is 23.4 Å². The maximum atomic E-state index is 11.6. The summed E-state index contributed by atoms with van der Waals surface area (Å²) in [6.07, 6.45) is 0. The summed E-state index contributed by atoms with van der Waals surface area (Å²) in [5.41, 5.74) is 2.12. The number of nitrogens with zero attached hydrogens (tertiary/aromatic N) is 4. The lowest BCUT2D eigenvalue weighted by Gasteiger charge is -2.11. The number of nitro groups is 1. The fourth-order valence-corrected chi connectivity index (χ4v) is 4.12. The number of aromatic nitrogens is 3. The van der Waals surface area contributed by atoms with Crippen LogP contribution >= 0.6 is 11.8 Å². The van der Waals surface area contributed by atoms with Gasteiger partial charge in [0.05, 0.1) is 28.8 Å². The number of thioether (sulfide) groups is 1. The molecule has 0 saturated carbocycles. The molecule has 1 aromatic heterocycles. The summed E-state index contributed by atoms with van der Waals surface area (Å²) in [6.45, 7) is 0. The second-order valence-corrected chi connectivity index (χ2v) is 7.85. The highest BCUT2D eigenvalue weighted by molar-refractivity contribution is 7.98. The number of hydrogen-bond donors (Lipinski definition) is 1. The van der Waals surface area contributed by atoms with Gasteiger partial charge >= 0.3 is 5.97 Å².